The lowest BCUT2D eigenvalue weighted by Crippen LogP contribution is -2.46. The van der Waals surface area contributed by atoms with E-state index in [1.165, 1.54) is 6.07 Å². The van der Waals surface area contributed by atoms with Gasteiger partial charge < -0.3 is 14.7 Å². The molecule has 0 radical (unpaired) electrons. The van der Waals surface area contributed by atoms with Gasteiger partial charge in [0.2, 0.25) is 0 Å². The first-order valence-electron chi connectivity index (χ1n) is 11.2. The minimum atomic E-state index is -0.939. The number of ether oxygens (including phenoxy) is 1. The van der Waals surface area contributed by atoms with Gasteiger partial charge in [0.05, 0.1) is 21.9 Å². The van der Waals surface area contributed by atoms with Crippen molar-refractivity contribution in [2.75, 3.05) is 37.7 Å². The summed E-state index contributed by atoms with van der Waals surface area (Å²) in [5.41, 5.74) is -0.581. The third-order valence-corrected chi connectivity index (χ3v) is 7.80. The summed E-state index contributed by atoms with van der Waals surface area (Å²) in [7, 11) is 0. The SMILES string of the molecule is C[C@@]1(O)CCCN(c2nc(OCC34CCCN3C/C(=C\F)C4)nc3c(F)c(Br)c(F)cc23)C1. The lowest BCUT2D eigenvalue weighted by molar-refractivity contribution is 0.0447. The number of benzene rings is 1. The smallest absolute Gasteiger partial charge is 0.319 e. The number of fused-ring (bicyclic) bond motifs is 2. The fourth-order valence-electron chi connectivity index (χ4n) is 5.49. The highest BCUT2D eigenvalue weighted by molar-refractivity contribution is 9.10. The molecule has 10 heteroatoms. The van der Waals surface area contributed by atoms with Crippen molar-refractivity contribution in [1.29, 1.82) is 0 Å². The van der Waals surface area contributed by atoms with Gasteiger partial charge in [-0.15, -0.1) is 0 Å². The van der Waals surface area contributed by atoms with Gasteiger partial charge in [0.25, 0.3) is 0 Å². The van der Waals surface area contributed by atoms with Crippen molar-refractivity contribution in [2.24, 2.45) is 0 Å². The van der Waals surface area contributed by atoms with Gasteiger partial charge in [0.1, 0.15) is 23.8 Å². The van der Waals surface area contributed by atoms with Crippen molar-refractivity contribution in [3.05, 3.63) is 34.1 Å². The summed E-state index contributed by atoms with van der Waals surface area (Å²) in [6.45, 7) is 4.30. The zero-order chi connectivity index (χ0) is 23.4. The second-order valence-electron chi connectivity index (χ2n) is 9.72. The van der Waals surface area contributed by atoms with Crippen LogP contribution in [-0.2, 0) is 0 Å². The second-order valence-corrected chi connectivity index (χ2v) is 10.5. The van der Waals surface area contributed by atoms with E-state index in [4.69, 9.17) is 4.74 Å². The Kier molecular flexibility index (Phi) is 5.81. The minimum absolute atomic E-state index is 0.0148. The van der Waals surface area contributed by atoms with Crippen molar-refractivity contribution in [3.8, 4) is 6.01 Å². The molecule has 178 valence electrons. The first-order valence-corrected chi connectivity index (χ1v) is 12.0. The molecule has 3 saturated heterocycles. The van der Waals surface area contributed by atoms with Crippen molar-refractivity contribution in [3.63, 3.8) is 0 Å². The molecule has 0 spiro atoms. The Morgan fingerprint density at radius 3 is 2.79 bits per heavy atom. The third-order valence-electron chi connectivity index (χ3n) is 7.08. The van der Waals surface area contributed by atoms with E-state index in [0.717, 1.165) is 25.0 Å². The highest BCUT2D eigenvalue weighted by Gasteiger charge is 2.47. The predicted octanol–water partition coefficient (Wildman–Crippen LogP) is 4.49. The van der Waals surface area contributed by atoms with Crippen LogP contribution in [0.5, 0.6) is 6.01 Å². The summed E-state index contributed by atoms with van der Waals surface area (Å²) in [6.07, 6.45) is 4.46. The van der Waals surface area contributed by atoms with E-state index in [0.29, 0.717) is 44.5 Å². The molecule has 0 bridgehead atoms. The van der Waals surface area contributed by atoms with Gasteiger partial charge in [-0.3, -0.25) is 4.90 Å². The average molecular weight is 527 g/mol. The molecular weight excluding hydrogens is 501 g/mol. The molecule has 2 aromatic rings. The van der Waals surface area contributed by atoms with Crippen LogP contribution in [0, 0.1) is 11.6 Å². The minimum Gasteiger partial charge on any atom is -0.461 e. The normalized spacial score (nSPS) is 29.3. The molecule has 2 atom stereocenters. The molecular formula is C23H26BrF3N4O2. The zero-order valence-electron chi connectivity index (χ0n) is 18.4. The van der Waals surface area contributed by atoms with Crippen LogP contribution in [0.25, 0.3) is 10.9 Å². The molecule has 1 unspecified atom stereocenters. The van der Waals surface area contributed by atoms with Crippen LogP contribution in [0.1, 0.15) is 39.0 Å². The van der Waals surface area contributed by atoms with E-state index >= 15 is 4.39 Å². The first kappa shape index (κ1) is 22.9. The number of aromatic nitrogens is 2. The van der Waals surface area contributed by atoms with Gasteiger partial charge in [-0.1, -0.05) is 0 Å². The fourth-order valence-corrected chi connectivity index (χ4v) is 5.80. The van der Waals surface area contributed by atoms with Crippen LogP contribution in [0.15, 0.2) is 22.4 Å². The first-order chi connectivity index (χ1) is 15.7. The molecule has 4 heterocycles. The average Bonchev–Trinajstić information content (AvgIpc) is 3.32. The maximum atomic E-state index is 15.0. The molecule has 3 aliphatic heterocycles. The van der Waals surface area contributed by atoms with E-state index in [1.807, 2.05) is 4.90 Å². The summed E-state index contributed by atoms with van der Waals surface area (Å²) < 4.78 is 48.3. The largest absolute Gasteiger partial charge is 0.461 e. The van der Waals surface area contributed by atoms with Crippen LogP contribution in [0.2, 0.25) is 0 Å². The molecule has 1 aromatic carbocycles. The highest BCUT2D eigenvalue weighted by atomic mass is 79.9. The Morgan fingerprint density at radius 1 is 1.24 bits per heavy atom. The zero-order valence-corrected chi connectivity index (χ0v) is 20.0. The monoisotopic (exact) mass is 526 g/mol. The predicted molar refractivity (Wildman–Crippen MR) is 122 cm³/mol. The van der Waals surface area contributed by atoms with Crippen LogP contribution in [0.4, 0.5) is 19.0 Å². The number of hydrogen-bond donors (Lipinski definition) is 1. The van der Waals surface area contributed by atoms with Crippen LogP contribution < -0.4 is 9.64 Å². The van der Waals surface area contributed by atoms with Gasteiger partial charge in [-0.05, 0) is 73.1 Å². The van der Waals surface area contributed by atoms with E-state index in [1.54, 1.807) is 6.92 Å². The lowest BCUT2D eigenvalue weighted by atomic mass is 9.94. The molecule has 5 rings (SSSR count). The van der Waals surface area contributed by atoms with Crippen LogP contribution in [0.3, 0.4) is 0 Å². The molecule has 33 heavy (non-hydrogen) atoms. The maximum absolute atomic E-state index is 15.0. The van der Waals surface area contributed by atoms with Gasteiger partial charge >= 0.3 is 6.01 Å². The summed E-state index contributed by atoms with van der Waals surface area (Å²) >= 11 is 2.95. The molecule has 3 fully saturated rings. The quantitative estimate of drug-likeness (QED) is 0.592. The van der Waals surface area contributed by atoms with E-state index in [2.05, 4.69) is 30.8 Å². The number of hydrogen-bond acceptors (Lipinski definition) is 6. The number of rotatable bonds is 4. The number of halogens is 4. The number of anilines is 1. The van der Waals surface area contributed by atoms with Crippen molar-refractivity contribution < 1.29 is 23.0 Å². The van der Waals surface area contributed by atoms with Crippen LogP contribution >= 0.6 is 15.9 Å². The van der Waals surface area contributed by atoms with Gasteiger partial charge in [0, 0.05) is 25.0 Å². The van der Waals surface area contributed by atoms with E-state index in [-0.39, 0.29) is 40.1 Å². The summed E-state index contributed by atoms with van der Waals surface area (Å²) in [5.74, 6) is -1.25. The third kappa shape index (κ3) is 4.10. The van der Waals surface area contributed by atoms with E-state index < -0.39 is 17.2 Å². The number of piperidine rings is 1. The molecule has 1 N–H and O–H groups in total. The number of β-amino-alcohol motifs (C(OH)–C–C–N with tert-alkyl or cyclic N) is 1. The highest BCUT2D eigenvalue weighted by Crippen LogP contribution is 2.42. The van der Waals surface area contributed by atoms with Crippen molar-refractivity contribution >= 4 is 32.7 Å². The molecule has 1 aromatic heterocycles. The van der Waals surface area contributed by atoms with Crippen molar-refractivity contribution in [1.82, 2.24) is 14.9 Å². The lowest BCUT2D eigenvalue weighted by Gasteiger charge is -2.38. The molecule has 0 saturated carbocycles. The summed E-state index contributed by atoms with van der Waals surface area (Å²) in [6, 6.07) is 1.19. The van der Waals surface area contributed by atoms with Gasteiger partial charge in [0.15, 0.2) is 5.82 Å². The number of nitrogens with zero attached hydrogens (tertiary/aromatic N) is 4. The molecule has 0 amide bonds. The fraction of sp³-hybridized carbons (Fsp3) is 0.565. The van der Waals surface area contributed by atoms with Gasteiger partial charge in [-0.2, -0.15) is 9.97 Å². The summed E-state index contributed by atoms with van der Waals surface area (Å²) in [5, 5.41) is 10.8. The Hall–Kier alpha value is -1.91. The Balaban J connectivity index is 1.53. The standard InChI is InChI=1S/C23H26BrF3N4O2/c1-22(32)4-2-6-30(12-22)20-15-8-16(26)17(24)18(27)19(15)28-21(29-20)33-13-23-5-3-7-31(23)11-14(9-23)10-25/h8,10,32H,2-7,9,11-13H2,1H3/b14-10-/t22-,23?/m1/s1. The molecule has 6 nitrogen and oxygen atoms in total. The Morgan fingerprint density at radius 2 is 2.03 bits per heavy atom. The Bertz CT molecular complexity index is 1130. The summed E-state index contributed by atoms with van der Waals surface area (Å²) in [4.78, 5) is 12.9. The second kappa shape index (κ2) is 8.39. The Labute approximate surface area is 198 Å². The molecule has 0 aliphatic carbocycles. The number of aliphatic hydroxyl groups is 1. The maximum Gasteiger partial charge on any atom is 0.319 e. The van der Waals surface area contributed by atoms with Crippen LogP contribution in [-0.4, -0.2) is 63.9 Å². The topological polar surface area (TPSA) is 61.7 Å². The van der Waals surface area contributed by atoms with Crippen molar-refractivity contribution in [2.45, 2.75) is 50.2 Å². The van der Waals surface area contributed by atoms with E-state index in [9.17, 15) is 13.9 Å². The molecule has 3 aliphatic rings. The van der Waals surface area contributed by atoms with Gasteiger partial charge in [-0.25, -0.2) is 13.2 Å².